The largest absolute Gasteiger partial charge is 0.389 e. The minimum atomic E-state index is -0.540. The number of carbonyl (C=O) groups excluding carboxylic acids is 1. The van der Waals surface area contributed by atoms with E-state index in [9.17, 15) is 9.90 Å². The summed E-state index contributed by atoms with van der Waals surface area (Å²) in [7, 11) is 3.71. The van der Waals surface area contributed by atoms with Crippen LogP contribution in [0.25, 0.3) is 11.0 Å². The van der Waals surface area contributed by atoms with Crippen molar-refractivity contribution in [1.29, 1.82) is 0 Å². The Labute approximate surface area is 171 Å². The molecular weight excluding hydrogens is 372 g/mol. The average molecular weight is 402 g/mol. The number of hydrogen-bond donors (Lipinski definition) is 1. The maximum Gasteiger partial charge on any atom is 0.248 e. The van der Waals surface area contributed by atoms with Gasteiger partial charge in [-0.05, 0) is 25.0 Å². The topological polar surface area (TPSA) is 80.1 Å². The fourth-order valence-corrected chi connectivity index (χ4v) is 4.51. The number of aliphatic hydroxyl groups is 1. The van der Waals surface area contributed by atoms with Gasteiger partial charge in [0, 0.05) is 33.2 Å². The Morgan fingerprint density at radius 3 is 2.83 bits per heavy atom. The van der Waals surface area contributed by atoms with Crippen molar-refractivity contribution in [3.63, 3.8) is 0 Å². The van der Waals surface area contributed by atoms with Gasteiger partial charge in [0.05, 0.1) is 36.4 Å². The average Bonchev–Trinajstić information content (AvgIpc) is 3.28. The van der Waals surface area contributed by atoms with Crippen LogP contribution in [0.3, 0.4) is 0 Å². The van der Waals surface area contributed by atoms with E-state index in [-0.39, 0.29) is 31.2 Å². The summed E-state index contributed by atoms with van der Waals surface area (Å²) in [5, 5.41) is 10.8. The number of fused-ring (bicyclic) bond motifs is 1. The highest BCUT2D eigenvalue weighted by molar-refractivity contribution is 5.78. The molecule has 2 heterocycles. The smallest absolute Gasteiger partial charge is 0.248 e. The summed E-state index contributed by atoms with van der Waals surface area (Å²) in [6, 6.07) is 7.83. The van der Waals surface area contributed by atoms with Crippen LogP contribution >= 0.6 is 0 Å². The minimum absolute atomic E-state index is 0.0227. The Bertz CT molecular complexity index is 848. The molecule has 1 aromatic heterocycles. The maximum absolute atomic E-state index is 12.6. The van der Waals surface area contributed by atoms with Gasteiger partial charge in [0.15, 0.2) is 0 Å². The lowest BCUT2D eigenvalue weighted by molar-refractivity contribution is -0.139. The highest BCUT2D eigenvalue weighted by atomic mass is 16.5. The molecule has 1 N–H and O–H groups in total. The van der Waals surface area contributed by atoms with E-state index >= 15 is 0 Å². The third-order valence-corrected chi connectivity index (χ3v) is 6.29. The van der Waals surface area contributed by atoms with Gasteiger partial charge in [-0.2, -0.15) is 0 Å². The molecule has 1 aliphatic carbocycles. The van der Waals surface area contributed by atoms with Crippen molar-refractivity contribution >= 4 is 16.9 Å². The van der Waals surface area contributed by atoms with E-state index in [0.717, 1.165) is 42.8 Å². The van der Waals surface area contributed by atoms with Gasteiger partial charge in [-0.3, -0.25) is 9.69 Å². The summed E-state index contributed by atoms with van der Waals surface area (Å²) in [4.78, 5) is 21.1. The number of likely N-dealkylation sites (N-methyl/N-ethyl adjacent to an activating group) is 1. The molecule has 0 radical (unpaired) electrons. The number of amides is 1. The number of imidazole rings is 1. The lowest BCUT2D eigenvalue weighted by Crippen LogP contribution is -2.52. The fraction of sp³-hybridized carbons (Fsp3) is 0.619. The van der Waals surface area contributed by atoms with Crippen LogP contribution in [0.1, 0.15) is 18.7 Å². The number of morpholine rings is 1. The van der Waals surface area contributed by atoms with Gasteiger partial charge in [-0.25, -0.2) is 4.98 Å². The van der Waals surface area contributed by atoms with Crippen LogP contribution < -0.4 is 0 Å². The van der Waals surface area contributed by atoms with Gasteiger partial charge in [0.25, 0.3) is 0 Å². The predicted octanol–water partition coefficient (Wildman–Crippen LogP) is 0.772. The molecule has 1 aliphatic heterocycles. The van der Waals surface area contributed by atoms with E-state index in [0.29, 0.717) is 13.2 Å². The standard InChI is InChI=1S/C21H30N4O4/c1-23-16-6-4-3-5-15(16)22-19(23)13-29-14-20(26)24(2)17-7-8-18(21(17)27)25-9-11-28-12-10-25/h3-6,17-18,21,27H,7-14H2,1-2H3/t17-,18-,21-/m1/s1. The second kappa shape index (κ2) is 8.79. The van der Waals surface area contributed by atoms with Crippen molar-refractivity contribution in [2.75, 3.05) is 40.0 Å². The Hall–Kier alpha value is -2.00. The fourth-order valence-electron chi connectivity index (χ4n) is 4.51. The van der Waals surface area contributed by atoms with E-state index in [1.807, 2.05) is 35.9 Å². The predicted molar refractivity (Wildman–Crippen MR) is 108 cm³/mol. The second-order valence-corrected chi connectivity index (χ2v) is 7.92. The number of aryl methyl sites for hydroxylation is 1. The van der Waals surface area contributed by atoms with Crippen LogP contribution in [0.5, 0.6) is 0 Å². The number of hydrogen-bond acceptors (Lipinski definition) is 6. The Kier molecular flexibility index (Phi) is 6.15. The molecule has 158 valence electrons. The van der Waals surface area contributed by atoms with Crippen LogP contribution in [0.4, 0.5) is 0 Å². The molecule has 8 heteroatoms. The number of carbonyl (C=O) groups is 1. The van der Waals surface area contributed by atoms with Crippen molar-refractivity contribution in [2.24, 2.45) is 7.05 Å². The van der Waals surface area contributed by atoms with Gasteiger partial charge < -0.3 is 24.0 Å². The van der Waals surface area contributed by atoms with Crippen LogP contribution in [0.2, 0.25) is 0 Å². The van der Waals surface area contributed by atoms with Crippen LogP contribution in [-0.4, -0.2) is 88.5 Å². The molecule has 8 nitrogen and oxygen atoms in total. The summed E-state index contributed by atoms with van der Waals surface area (Å²) >= 11 is 0. The quantitative estimate of drug-likeness (QED) is 0.769. The van der Waals surface area contributed by atoms with E-state index < -0.39 is 6.10 Å². The molecule has 0 spiro atoms. The number of rotatable bonds is 6. The van der Waals surface area contributed by atoms with E-state index in [1.54, 1.807) is 11.9 Å². The molecule has 2 fully saturated rings. The monoisotopic (exact) mass is 402 g/mol. The number of aromatic nitrogens is 2. The first-order chi connectivity index (χ1) is 14.1. The summed E-state index contributed by atoms with van der Waals surface area (Å²) in [5.41, 5.74) is 1.96. The Balaban J connectivity index is 1.29. The second-order valence-electron chi connectivity index (χ2n) is 7.92. The normalized spacial score (nSPS) is 25.6. The first-order valence-electron chi connectivity index (χ1n) is 10.3. The van der Waals surface area contributed by atoms with Crippen molar-refractivity contribution in [1.82, 2.24) is 19.4 Å². The van der Waals surface area contributed by atoms with Crippen molar-refractivity contribution < 1.29 is 19.4 Å². The molecular formula is C21H30N4O4. The molecule has 1 aromatic carbocycles. The van der Waals surface area contributed by atoms with Gasteiger partial charge in [0.1, 0.15) is 19.0 Å². The molecule has 0 bridgehead atoms. The minimum Gasteiger partial charge on any atom is -0.389 e. The molecule has 3 atom stereocenters. The first kappa shape index (κ1) is 20.3. The SMILES string of the molecule is CN(C(=O)COCc1nc2ccccc2n1C)[C@@H]1CC[C@@H](N2CCOCC2)[C@@H]1O. The highest BCUT2D eigenvalue weighted by Gasteiger charge is 2.41. The zero-order chi connectivity index (χ0) is 20.4. The summed E-state index contributed by atoms with van der Waals surface area (Å²) in [5.74, 6) is 0.672. The summed E-state index contributed by atoms with van der Waals surface area (Å²) in [6.07, 6.45) is 1.15. The lowest BCUT2D eigenvalue weighted by atomic mass is 10.1. The molecule has 2 aliphatic rings. The molecule has 1 saturated heterocycles. The number of aliphatic hydroxyl groups excluding tert-OH is 1. The molecule has 29 heavy (non-hydrogen) atoms. The summed E-state index contributed by atoms with van der Waals surface area (Å²) < 4.78 is 13.1. The molecule has 0 unspecified atom stereocenters. The van der Waals surface area contributed by atoms with Gasteiger partial charge in [-0.15, -0.1) is 0 Å². The third kappa shape index (κ3) is 4.16. The molecule has 4 rings (SSSR count). The zero-order valence-electron chi connectivity index (χ0n) is 17.2. The van der Waals surface area contributed by atoms with Gasteiger partial charge >= 0.3 is 0 Å². The number of ether oxygens (including phenoxy) is 2. The number of para-hydroxylation sites is 2. The first-order valence-corrected chi connectivity index (χ1v) is 10.3. The Morgan fingerprint density at radius 1 is 1.31 bits per heavy atom. The van der Waals surface area contributed by atoms with Crippen molar-refractivity contribution in [3.05, 3.63) is 30.1 Å². The van der Waals surface area contributed by atoms with Gasteiger partial charge in [0.2, 0.25) is 5.91 Å². The lowest BCUT2D eigenvalue weighted by Gasteiger charge is -2.36. The molecule has 2 aromatic rings. The maximum atomic E-state index is 12.6. The number of benzene rings is 1. The number of nitrogens with zero attached hydrogens (tertiary/aromatic N) is 4. The Morgan fingerprint density at radius 2 is 2.07 bits per heavy atom. The molecule has 1 saturated carbocycles. The third-order valence-electron chi connectivity index (χ3n) is 6.29. The van der Waals surface area contributed by atoms with Crippen LogP contribution in [0, 0.1) is 0 Å². The summed E-state index contributed by atoms with van der Waals surface area (Å²) in [6.45, 7) is 3.34. The van der Waals surface area contributed by atoms with Gasteiger partial charge in [-0.1, -0.05) is 12.1 Å². The van der Waals surface area contributed by atoms with Crippen LogP contribution in [0.15, 0.2) is 24.3 Å². The van der Waals surface area contributed by atoms with Crippen molar-refractivity contribution in [2.45, 2.75) is 37.6 Å². The van der Waals surface area contributed by atoms with Crippen molar-refractivity contribution in [3.8, 4) is 0 Å². The van der Waals surface area contributed by atoms with E-state index in [4.69, 9.17) is 9.47 Å². The van der Waals surface area contributed by atoms with Crippen LogP contribution in [-0.2, 0) is 27.9 Å². The van der Waals surface area contributed by atoms with E-state index in [2.05, 4.69) is 9.88 Å². The zero-order valence-corrected chi connectivity index (χ0v) is 17.2. The highest BCUT2D eigenvalue weighted by Crippen LogP contribution is 2.28. The molecule has 1 amide bonds. The van der Waals surface area contributed by atoms with E-state index in [1.165, 1.54) is 0 Å².